The summed E-state index contributed by atoms with van der Waals surface area (Å²) >= 11 is 0. The number of para-hydroxylation sites is 1. The van der Waals surface area contributed by atoms with Gasteiger partial charge in [0.15, 0.2) is 0 Å². The van der Waals surface area contributed by atoms with Gasteiger partial charge in [-0.05, 0) is 43.9 Å². The monoisotopic (exact) mass is 310 g/mol. The number of ether oxygens (including phenoxy) is 1. The Morgan fingerprint density at radius 3 is 3.00 bits per heavy atom. The van der Waals surface area contributed by atoms with Gasteiger partial charge in [0.05, 0.1) is 12.2 Å². The molecule has 1 spiro atoms. The first kappa shape index (κ1) is 13.3. The summed E-state index contributed by atoms with van der Waals surface area (Å²) in [5.74, 6) is 0. The molecule has 1 aromatic rings. The topological polar surface area (TPSA) is 19.0 Å². The van der Waals surface area contributed by atoms with Crippen molar-refractivity contribution in [2.24, 2.45) is 5.41 Å². The minimum absolute atomic E-state index is 0.344. The lowest BCUT2D eigenvalue weighted by molar-refractivity contribution is -0.0240. The SMILES string of the molecule is CC[C@]12CC[C@@H]3N(C)c4ccccc4[C@@]34CCN(C[C@H]3O[C@H]31)[C@H]24. The van der Waals surface area contributed by atoms with Crippen LogP contribution >= 0.6 is 0 Å². The lowest BCUT2D eigenvalue weighted by atomic mass is 9.52. The molecule has 23 heavy (non-hydrogen) atoms. The Bertz CT molecular complexity index is 690. The molecular formula is C20H26N2O. The summed E-state index contributed by atoms with van der Waals surface area (Å²) in [5.41, 5.74) is 3.87. The molecule has 0 radical (unpaired) electrons. The Kier molecular flexibility index (Phi) is 2.27. The van der Waals surface area contributed by atoms with Crippen LogP contribution in [0.1, 0.15) is 38.2 Å². The molecule has 3 nitrogen and oxygen atoms in total. The minimum Gasteiger partial charge on any atom is -0.370 e. The Labute approximate surface area is 138 Å². The van der Waals surface area contributed by atoms with Crippen LogP contribution < -0.4 is 4.90 Å². The van der Waals surface area contributed by atoms with E-state index in [1.165, 1.54) is 44.5 Å². The van der Waals surface area contributed by atoms with E-state index in [1.807, 2.05) is 0 Å². The molecule has 6 atom stereocenters. The van der Waals surface area contributed by atoms with Gasteiger partial charge in [-0.1, -0.05) is 25.1 Å². The number of nitrogens with zero attached hydrogens (tertiary/aromatic N) is 2. The Morgan fingerprint density at radius 1 is 1.26 bits per heavy atom. The lowest BCUT2D eigenvalue weighted by Crippen LogP contribution is -2.66. The summed E-state index contributed by atoms with van der Waals surface area (Å²) in [6, 6.07) is 10.6. The zero-order valence-electron chi connectivity index (χ0n) is 14.2. The van der Waals surface area contributed by atoms with Crippen molar-refractivity contribution in [3.05, 3.63) is 29.8 Å². The zero-order chi connectivity index (χ0) is 15.4. The summed E-state index contributed by atoms with van der Waals surface area (Å²) in [7, 11) is 2.33. The highest BCUT2D eigenvalue weighted by atomic mass is 16.6. The van der Waals surface area contributed by atoms with Crippen molar-refractivity contribution in [2.75, 3.05) is 25.0 Å². The van der Waals surface area contributed by atoms with E-state index in [4.69, 9.17) is 4.74 Å². The number of anilines is 1. The molecule has 1 aliphatic carbocycles. The molecule has 4 heterocycles. The normalized spacial score (nSPS) is 49.4. The highest BCUT2D eigenvalue weighted by Gasteiger charge is 2.74. The molecule has 3 heteroatoms. The van der Waals surface area contributed by atoms with E-state index in [1.54, 1.807) is 5.56 Å². The first-order valence-corrected chi connectivity index (χ1v) is 9.44. The molecule has 3 saturated heterocycles. The maximum absolute atomic E-state index is 6.20. The van der Waals surface area contributed by atoms with Crippen molar-refractivity contribution >= 4 is 5.69 Å². The fourth-order valence-corrected chi connectivity index (χ4v) is 7.37. The van der Waals surface area contributed by atoms with Crippen molar-refractivity contribution in [3.63, 3.8) is 0 Å². The molecule has 0 aromatic heterocycles. The van der Waals surface area contributed by atoms with Crippen LogP contribution in [0.15, 0.2) is 24.3 Å². The van der Waals surface area contributed by atoms with Gasteiger partial charge in [0, 0.05) is 42.2 Å². The van der Waals surface area contributed by atoms with Gasteiger partial charge in [0.2, 0.25) is 0 Å². The van der Waals surface area contributed by atoms with Gasteiger partial charge in [0.1, 0.15) is 0 Å². The third-order valence-corrected chi connectivity index (χ3v) is 8.16. The van der Waals surface area contributed by atoms with Crippen LogP contribution in [-0.2, 0) is 10.2 Å². The third-order valence-electron chi connectivity index (χ3n) is 8.16. The number of hydrogen-bond acceptors (Lipinski definition) is 3. The number of epoxide rings is 1. The average Bonchev–Trinajstić information content (AvgIpc) is 3.22. The van der Waals surface area contributed by atoms with Crippen LogP contribution in [0.4, 0.5) is 5.69 Å². The molecule has 0 amide bonds. The number of fused-ring (bicyclic) bond motifs is 3. The second-order valence-corrected chi connectivity index (χ2v) is 8.55. The molecule has 4 aliphatic heterocycles. The summed E-state index contributed by atoms with van der Waals surface area (Å²) < 4.78 is 6.20. The first-order valence-electron chi connectivity index (χ1n) is 9.44. The number of benzene rings is 1. The van der Waals surface area contributed by atoms with E-state index in [-0.39, 0.29) is 0 Å². The van der Waals surface area contributed by atoms with Crippen LogP contribution in [0.25, 0.3) is 0 Å². The Morgan fingerprint density at radius 2 is 2.13 bits per heavy atom. The molecule has 5 aliphatic rings. The van der Waals surface area contributed by atoms with Gasteiger partial charge in [-0.3, -0.25) is 4.90 Å². The second kappa shape index (κ2) is 3.94. The van der Waals surface area contributed by atoms with Crippen LogP contribution in [0.5, 0.6) is 0 Å². The largest absolute Gasteiger partial charge is 0.370 e. The Hall–Kier alpha value is -1.06. The Balaban J connectivity index is 1.60. The van der Waals surface area contributed by atoms with Gasteiger partial charge in [0.25, 0.3) is 0 Å². The van der Waals surface area contributed by atoms with E-state index in [0.29, 0.717) is 35.1 Å². The molecular weight excluding hydrogens is 284 g/mol. The molecule has 1 aromatic carbocycles. The molecule has 0 unspecified atom stereocenters. The summed E-state index contributed by atoms with van der Waals surface area (Å²) in [4.78, 5) is 5.43. The summed E-state index contributed by atoms with van der Waals surface area (Å²) in [5, 5.41) is 0. The van der Waals surface area contributed by atoms with Crippen molar-refractivity contribution in [2.45, 2.75) is 62.3 Å². The number of likely N-dealkylation sites (N-methyl/N-ethyl adjacent to an activating group) is 1. The second-order valence-electron chi connectivity index (χ2n) is 8.55. The molecule has 1 saturated carbocycles. The number of piperidine rings is 1. The van der Waals surface area contributed by atoms with Gasteiger partial charge < -0.3 is 9.64 Å². The van der Waals surface area contributed by atoms with Crippen molar-refractivity contribution in [1.82, 2.24) is 4.90 Å². The van der Waals surface area contributed by atoms with Gasteiger partial charge in [-0.25, -0.2) is 0 Å². The first-order chi connectivity index (χ1) is 11.2. The van der Waals surface area contributed by atoms with E-state index < -0.39 is 0 Å². The smallest absolute Gasteiger partial charge is 0.0974 e. The highest BCUT2D eigenvalue weighted by Crippen LogP contribution is 2.67. The average molecular weight is 310 g/mol. The molecule has 0 N–H and O–H groups in total. The summed E-state index contributed by atoms with van der Waals surface area (Å²) in [6.07, 6.45) is 6.36. The van der Waals surface area contributed by atoms with Gasteiger partial charge in [-0.15, -0.1) is 0 Å². The zero-order valence-corrected chi connectivity index (χ0v) is 14.2. The lowest BCUT2D eigenvalue weighted by Gasteiger charge is -2.57. The van der Waals surface area contributed by atoms with Gasteiger partial charge >= 0.3 is 0 Å². The van der Waals surface area contributed by atoms with Crippen LogP contribution in [0.2, 0.25) is 0 Å². The molecule has 4 fully saturated rings. The molecule has 0 bridgehead atoms. The maximum Gasteiger partial charge on any atom is 0.0974 e. The third kappa shape index (κ3) is 1.27. The van der Waals surface area contributed by atoms with Crippen molar-refractivity contribution in [3.8, 4) is 0 Å². The standard InChI is InChI=1S/C20H26N2O/c1-3-19-9-8-16-20(13-6-4-5-7-14(13)21(16)2)10-11-22(18(19)20)12-15-17(19)23-15/h4-7,15-18H,3,8-12H2,1-2H3/t15-,16+,17-,18-,19+,20+/m1/s1. The van der Waals surface area contributed by atoms with E-state index in [9.17, 15) is 0 Å². The van der Waals surface area contributed by atoms with Gasteiger partial charge in [-0.2, -0.15) is 0 Å². The van der Waals surface area contributed by atoms with Crippen LogP contribution in [0, 0.1) is 5.41 Å². The van der Waals surface area contributed by atoms with Crippen LogP contribution in [0.3, 0.4) is 0 Å². The van der Waals surface area contributed by atoms with E-state index in [0.717, 1.165) is 0 Å². The molecule has 6 rings (SSSR count). The maximum atomic E-state index is 6.20. The van der Waals surface area contributed by atoms with Crippen molar-refractivity contribution in [1.29, 1.82) is 0 Å². The number of rotatable bonds is 1. The minimum atomic E-state index is 0.344. The van der Waals surface area contributed by atoms with E-state index in [2.05, 4.69) is 48.0 Å². The van der Waals surface area contributed by atoms with Crippen molar-refractivity contribution < 1.29 is 4.74 Å². The predicted molar refractivity (Wildman–Crippen MR) is 90.9 cm³/mol. The number of hydrogen-bond donors (Lipinski definition) is 0. The fraction of sp³-hybridized carbons (Fsp3) is 0.700. The van der Waals surface area contributed by atoms with E-state index >= 15 is 0 Å². The predicted octanol–water partition coefficient (Wildman–Crippen LogP) is 2.79. The molecule has 122 valence electrons. The van der Waals surface area contributed by atoms with Crippen LogP contribution in [-0.4, -0.2) is 49.3 Å². The fourth-order valence-electron chi connectivity index (χ4n) is 7.37. The summed E-state index contributed by atoms with van der Waals surface area (Å²) in [6.45, 7) is 4.86. The highest BCUT2D eigenvalue weighted by molar-refractivity contribution is 5.66. The quantitative estimate of drug-likeness (QED) is 0.744.